The molecule has 3 aromatic rings. The van der Waals surface area contributed by atoms with Gasteiger partial charge in [0.1, 0.15) is 5.69 Å². The van der Waals surface area contributed by atoms with E-state index < -0.39 is 0 Å². The fourth-order valence-electron chi connectivity index (χ4n) is 4.02. The van der Waals surface area contributed by atoms with Crippen LogP contribution in [-0.2, 0) is 4.74 Å². The summed E-state index contributed by atoms with van der Waals surface area (Å²) in [5.74, 6) is 0. The second kappa shape index (κ2) is 9.28. The number of hydrogen-bond donors (Lipinski definition) is 0. The zero-order chi connectivity index (χ0) is 21.3. The molecule has 10 heteroatoms. The molecule has 1 aromatic carbocycles. The lowest BCUT2D eigenvalue weighted by atomic mass is 9.97. The molecule has 0 saturated carbocycles. The van der Waals surface area contributed by atoms with Crippen LogP contribution >= 0.6 is 40.0 Å². The third kappa shape index (κ3) is 4.09. The summed E-state index contributed by atoms with van der Waals surface area (Å²) in [6.07, 6.45) is 6.31. The van der Waals surface area contributed by atoms with Gasteiger partial charge >= 0.3 is 0 Å². The first kappa shape index (κ1) is 22.3. The summed E-state index contributed by atoms with van der Waals surface area (Å²) in [7, 11) is 0. The van der Waals surface area contributed by atoms with Gasteiger partial charge in [0.05, 0.1) is 59.9 Å². The van der Waals surface area contributed by atoms with E-state index in [9.17, 15) is 0 Å². The normalized spacial score (nSPS) is 19.2. The van der Waals surface area contributed by atoms with Gasteiger partial charge < -0.3 is 9.64 Å². The summed E-state index contributed by atoms with van der Waals surface area (Å²) in [4.78, 5) is 4.93. The summed E-state index contributed by atoms with van der Waals surface area (Å²) < 4.78 is 9.30. The van der Waals surface area contributed by atoms with Crippen LogP contribution in [0, 0.1) is 0 Å². The minimum absolute atomic E-state index is 0.206. The van der Waals surface area contributed by atoms with Crippen molar-refractivity contribution in [1.29, 1.82) is 0 Å². The Balaban J connectivity index is 0.00000106. The SMILES string of the molecule is CC.CC1(N2CCN(c3cc4c(cnn4-c4cnn(PI)c4)cc3Cl)CC2)COC1. The molecule has 1 unspecified atom stereocenters. The van der Waals surface area contributed by atoms with Gasteiger partial charge in [-0.1, -0.05) is 25.4 Å². The maximum absolute atomic E-state index is 6.65. The predicted molar refractivity (Wildman–Crippen MR) is 134 cm³/mol. The second-order valence-electron chi connectivity index (χ2n) is 7.61. The van der Waals surface area contributed by atoms with Crippen LogP contribution in [-0.4, -0.2) is 69.2 Å². The highest BCUT2D eigenvalue weighted by atomic mass is 127. The summed E-state index contributed by atoms with van der Waals surface area (Å²) in [6.45, 7) is 11.9. The van der Waals surface area contributed by atoms with Gasteiger partial charge in [-0.3, -0.25) is 4.90 Å². The lowest BCUT2D eigenvalue weighted by Gasteiger charge is -2.50. The number of hydrogen-bond acceptors (Lipinski definition) is 5. The molecule has 2 aliphatic rings. The zero-order valence-electron chi connectivity index (χ0n) is 17.5. The van der Waals surface area contributed by atoms with Crippen molar-refractivity contribution >= 4 is 56.6 Å². The first-order valence-electron chi connectivity index (χ1n) is 10.2. The quantitative estimate of drug-likeness (QED) is 0.345. The molecule has 0 amide bonds. The molecule has 5 rings (SSSR count). The van der Waals surface area contributed by atoms with E-state index >= 15 is 0 Å². The fraction of sp³-hybridized carbons (Fsp3) is 0.500. The number of benzene rings is 1. The molecule has 0 bridgehead atoms. The lowest BCUT2D eigenvalue weighted by molar-refractivity contribution is -0.131. The predicted octanol–water partition coefficient (Wildman–Crippen LogP) is 4.60. The average molecular weight is 561 g/mol. The third-order valence-electron chi connectivity index (χ3n) is 5.75. The highest BCUT2D eigenvalue weighted by molar-refractivity contribution is 14.2. The molecule has 30 heavy (non-hydrogen) atoms. The van der Waals surface area contributed by atoms with Crippen LogP contribution in [0.2, 0.25) is 5.02 Å². The zero-order valence-corrected chi connectivity index (χ0v) is 21.4. The molecule has 162 valence electrons. The summed E-state index contributed by atoms with van der Waals surface area (Å²) in [6, 6.07) is 4.19. The van der Waals surface area contributed by atoms with Crippen LogP contribution in [0.5, 0.6) is 0 Å². The van der Waals surface area contributed by atoms with E-state index in [2.05, 4.69) is 55.0 Å². The molecule has 2 aromatic heterocycles. The molecule has 4 heterocycles. The van der Waals surface area contributed by atoms with Crippen LogP contribution < -0.4 is 4.90 Å². The van der Waals surface area contributed by atoms with E-state index in [0.29, 0.717) is 6.37 Å². The molecule has 0 radical (unpaired) electrons. The van der Waals surface area contributed by atoms with E-state index in [4.69, 9.17) is 16.3 Å². The molecule has 0 spiro atoms. The molecule has 2 saturated heterocycles. The van der Waals surface area contributed by atoms with Crippen LogP contribution in [0.15, 0.2) is 30.7 Å². The number of halogens is 2. The van der Waals surface area contributed by atoms with E-state index in [1.807, 2.05) is 47.6 Å². The molecular formula is C20H27ClIN6OP. The smallest absolute Gasteiger partial charge is 0.104 e. The van der Waals surface area contributed by atoms with Crippen LogP contribution in [0.3, 0.4) is 0 Å². The minimum atomic E-state index is 0.206. The molecular weight excluding hydrogens is 534 g/mol. The van der Waals surface area contributed by atoms with Crippen LogP contribution in [0.1, 0.15) is 20.8 Å². The molecule has 2 fully saturated rings. The highest BCUT2D eigenvalue weighted by Gasteiger charge is 2.40. The van der Waals surface area contributed by atoms with Gasteiger partial charge in [-0.15, -0.1) is 0 Å². The van der Waals surface area contributed by atoms with Gasteiger partial charge in [-0.25, -0.2) is 9.13 Å². The maximum atomic E-state index is 6.65. The first-order chi connectivity index (χ1) is 14.6. The van der Waals surface area contributed by atoms with Crippen molar-refractivity contribution < 1.29 is 4.74 Å². The number of ether oxygens (including phenoxy) is 1. The lowest BCUT2D eigenvalue weighted by Crippen LogP contribution is -2.64. The Labute approximate surface area is 197 Å². The van der Waals surface area contributed by atoms with Crippen molar-refractivity contribution in [3.8, 4) is 5.69 Å². The Bertz CT molecular complexity index is 1010. The van der Waals surface area contributed by atoms with Gasteiger partial charge in [-0.05, 0) is 41.1 Å². The van der Waals surface area contributed by atoms with Gasteiger partial charge in [-0.2, -0.15) is 10.2 Å². The Morgan fingerprint density at radius 3 is 2.43 bits per heavy atom. The number of fused-ring (bicyclic) bond motifs is 1. The van der Waals surface area contributed by atoms with Crippen LogP contribution in [0.4, 0.5) is 5.69 Å². The summed E-state index contributed by atoms with van der Waals surface area (Å²) in [5.41, 5.74) is 3.30. The largest absolute Gasteiger partial charge is 0.377 e. The van der Waals surface area contributed by atoms with E-state index in [1.54, 1.807) is 0 Å². The summed E-state index contributed by atoms with van der Waals surface area (Å²) >= 11 is 8.97. The van der Waals surface area contributed by atoms with Gasteiger partial charge in [0.25, 0.3) is 0 Å². The number of aromatic nitrogens is 4. The Morgan fingerprint density at radius 2 is 1.83 bits per heavy atom. The summed E-state index contributed by atoms with van der Waals surface area (Å²) in [5, 5.41) is 10.8. The molecule has 0 N–H and O–H groups in total. The average Bonchev–Trinajstić information content (AvgIpc) is 3.39. The Hall–Kier alpha value is -0.930. The molecule has 1 atom stereocenters. The number of piperazine rings is 1. The van der Waals surface area contributed by atoms with E-state index in [1.165, 1.54) is 0 Å². The van der Waals surface area contributed by atoms with Crippen LogP contribution in [0.25, 0.3) is 16.6 Å². The van der Waals surface area contributed by atoms with Gasteiger partial charge in [0.15, 0.2) is 0 Å². The van der Waals surface area contributed by atoms with Gasteiger partial charge in [0.2, 0.25) is 0 Å². The Morgan fingerprint density at radius 1 is 1.10 bits per heavy atom. The number of anilines is 1. The second-order valence-corrected chi connectivity index (χ2v) is 10.1. The van der Waals surface area contributed by atoms with Gasteiger partial charge in [0, 0.05) is 31.6 Å². The maximum Gasteiger partial charge on any atom is 0.104 e. The van der Waals surface area contributed by atoms with E-state index in [-0.39, 0.29) is 5.54 Å². The third-order valence-corrected chi connectivity index (χ3v) is 7.95. The Kier molecular flexibility index (Phi) is 6.89. The van der Waals surface area contributed by atoms with Crippen molar-refractivity contribution in [2.75, 3.05) is 44.3 Å². The highest BCUT2D eigenvalue weighted by Crippen LogP contribution is 2.34. The first-order valence-corrected chi connectivity index (χ1v) is 14.7. The molecule has 7 nitrogen and oxygen atoms in total. The molecule has 2 aliphatic heterocycles. The molecule has 0 aliphatic carbocycles. The van der Waals surface area contributed by atoms with Crippen molar-refractivity contribution in [2.45, 2.75) is 26.3 Å². The topological polar surface area (TPSA) is 51.3 Å². The van der Waals surface area contributed by atoms with Crippen molar-refractivity contribution in [3.05, 3.63) is 35.7 Å². The number of rotatable bonds is 4. The monoisotopic (exact) mass is 560 g/mol. The standard InChI is InChI=1S/C18H21ClIN6OP.C2H6/c1-18(11-27-12-18)24-4-2-23(3-5-24)17-7-16-13(6-15(17)19)8-22-26(16)14-9-21-25(10-14)28-20;1-2/h6-10,28H,2-5,11-12H2,1H3;1-2H3. The van der Waals surface area contributed by atoms with Crippen molar-refractivity contribution in [1.82, 2.24) is 24.2 Å². The minimum Gasteiger partial charge on any atom is -0.377 e. The van der Waals surface area contributed by atoms with Crippen molar-refractivity contribution in [2.24, 2.45) is 0 Å². The van der Waals surface area contributed by atoms with E-state index in [0.717, 1.165) is 66.7 Å². The van der Waals surface area contributed by atoms with Crippen molar-refractivity contribution in [3.63, 3.8) is 0 Å². The number of nitrogens with zero attached hydrogens (tertiary/aromatic N) is 6. The fourth-order valence-corrected chi connectivity index (χ4v) is 5.38.